The molecule has 0 amide bonds. The van der Waals surface area contributed by atoms with E-state index in [2.05, 4.69) is 33.4 Å². The summed E-state index contributed by atoms with van der Waals surface area (Å²) >= 11 is 3.45. The fourth-order valence-electron chi connectivity index (χ4n) is 1.90. The smallest absolute Gasteiger partial charge is 0.130 e. The van der Waals surface area contributed by atoms with Gasteiger partial charge in [-0.1, -0.05) is 15.9 Å². The number of hydrogen-bond donors (Lipinski definition) is 1. The Labute approximate surface area is 91.8 Å². The van der Waals surface area contributed by atoms with Crippen LogP contribution in [0.2, 0.25) is 0 Å². The van der Waals surface area contributed by atoms with Gasteiger partial charge in [-0.15, -0.1) is 0 Å². The van der Waals surface area contributed by atoms with Crippen LogP contribution in [0, 0.1) is 0 Å². The van der Waals surface area contributed by atoms with Gasteiger partial charge in [0.2, 0.25) is 0 Å². The van der Waals surface area contributed by atoms with Crippen LogP contribution in [0.1, 0.15) is 24.8 Å². The first kappa shape index (κ1) is 9.71. The fourth-order valence-corrected chi connectivity index (χ4v) is 2.28. The normalized spacial score (nSPS) is 18.9. The molecule has 0 bridgehead atoms. The molecule has 74 valence electrons. The predicted molar refractivity (Wildman–Crippen MR) is 60.7 cm³/mol. The van der Waals surface area contributed by atoms with Gasteiger partial charge >= 0.3 is 0 Å². The Morgan fingerprint density at radius 3 is 3.14 bits per heavy atom. The second-order valence-corrected chi connectivity index (χ2v) is 4.63. The van der Waals surface area contributed by atoms with E-state index in [1.54, 1.807) is 6.92 Å². The molecule has 0 fully saturated rings. The molecule has 1 aromatic rings. The van der Waals surface area contributed by atoms with Crippen LogP contribution in [0.25, 0.3) is 0 Å². The number of fused-ring (bicyclic) bond motifs is 1. The van der Waals surface area contributed by atoms with E-state index in [4.69, 9.17) is 0 Å². The molecule has 0 radical (unpaired) electrons. The van der Waals surface area contributed by atoms with Gasteiger partial charge in [0.25, 0.3) is 0 Å². The fraction of sp³-hybridized carbons (Fsp3) is 0.364. The zero-order valence-electron chi connectivity index (χ0n) is 8.01. The second-order valence-electron chi connectivity index (χ2n) is 3.72. The highest BCUT2D eigenvalue weighted by Crippen LogP contribution is 2.35. The minimum Gasteiger partial charge on any atom is -0.384 e. The number of nitrogens with one attached hydrogen (secondary N) is 1. The van der Waals surface area contributed by atoms with Crippen molar-refractivity contribution >= 4 is 27.4 Å². The van der Waals surface area contributed by atoms with Gasteiger partial charge in [-0.2, -0.15) is 0 Å². The zero-order chi connectivity index (χ0) is 10.1. The third-order valence-electron chi connectivity index (χ3n) is 2.53. The lowest BCUT2D eigenvalue weighted by atomic mass is 9.96. The molecular formula is C11H12BrNO. The molecule has 1 aliphatic rings. The zero-order valence-corrected chi connectivity index (χ0v) is 9.60. The molecule has 0 spiro atoms. The quantitative estimate of drug-likeness (QED) is 0.879. The standard InChI is InChI=1S/C11H12BrNO/c1-7(14)4-8-6-13-11-3-2-9(12)5-10(8)11/h2-3,5,8,13H,4,6H2,1H3. The van der Waals surface area contributed by atoms with Crippen LogP contribution < -0.4 is 5.32 Å². The van der Waals surface area contributed by atoms with E-state index in [1.807, 2.05) is 6.07 Å². The third kappa shape index (κ3) is 1.82. The maximum Gasteiger partial charge on any atom is 0.130 e. The molecule has 14 heavy (non-hydrogen) atoms. The average Bonchev–Trinajstić information content (AvgIpc) is 2.47. The summed E-state index contributed by atoms with van der Waals surface area (Å²) in [7, 11) is 0. The van der Waals surface area contributed by atoms with Crippen molar-refractivity contribution in [1.82, 2.24) is 0 Å². The van der Waals surface area contributed by atoms with Gasteiger partial charge in [0, 0.05) is 29.0 Å². The Morgan fingerprint density at radius 1 is 1.64 bits per heavy atom. The van der Waals surface area contributed by atoms with Crippen molar-refractivity contribution in [3.63, 3.8) is 0 Å². The maximum absolute atomic E-state index is 11.1. The van der Waals surface area contributed by atoms with Crippen molar-refractivity contribution in [2.24, 2.45) is 0 Å². The highest BCUT2D eigenvalue weighted by molar-refractivity contribution is 9.10. The van der Waals surface area contributed by atoms with Crippen molar-refractivity contribution < 1.29 is 4.79 Å². The molecule has 1 aromatic carbocycles. The second kappa shape index (κ2) is 3.73. The van der Waals surface area contributed by atoms with E-state index in [9.17, 15) is 4.79 Å². The number of carbonyl (C=O) groups is 1. The first-order valence-corrected chi connectivity index (χ1v) is 5.49. The van der Waals surface area contributed by atoms with Crippen molar-refractivity contribution in [1.29, 1.82) is 0 Å². The summed E-state index contributed by atoms with van der Waals surface area (Å²) in [6, 6.07) is 6.17. The first-order chi connectivity index (χ1) is 6.66. The Morgan fingerprint density at radius 2 is 2.43 bits per heavy atom. The van der Waals surface area contributed by atoms with E-state index < -0.39 is 0 Å². The van der Waals surface area contributed by atoms with Gasteiger partial charge in [0.1, 0.15) is 5.78 Å². The Hall–Kier alpha value is -0.830. The van der Waals surface area contributed by atoms with Crippen molar-refractivity contribution in [3.05, 3.63) is 28.2 Å². The molecule has 1 unspecified atom stereocenters. The van der Waals surface area contributed by atoms with Gasteiger partial charge in [-0.05, 0) is 30.7 Å². The molecule has 1 heterocycles. The molecule has 1 atom stereocenters. The highest BCUT2D eigenvalue weighted by Gasteiger charge is 2.23. The van der Waals surface area contributed by atoms with Crippen molar-refractivity contribution in [3.8, 4) is 0 Å². The topological polar surface area (TPSA) is 29.1 Å². The van der Waals surface area contributed by atoms with Gasteiger partial charge < -0.3 is 10.1 Å². The van der Waals surface area contributed by atoms with Crippen LogP contribution in [0.4, 0.5) is 5.69 Å². The summed E-state index contributed by atoms with van der Waals surface area (Å²) < 4.78 is 1.08. The molecule has 1 N–H and O–H groups in total. The van der Waals surface area contributed by atoms with Crippen LogP contribution in [-0.2, 0) is 4.79 Å². The highest BCUT2D eigenvalue weighted by atomic mass is 79.9. The SMILES string of the molecule is CC(=O)CC1CNc2ccc(Br)cc21. The molecule has 3 heteroatoms. The van der Waals surface area contributed by atoms with Gasteiger partial charge in [0.05, 0.1) is 0 Å². The Bertz CT molecular complexity index is 376. The maximum atomic E-state index is 11.1. The van der Waals surface area contributed by atoms with Crippen LogP contribution in [0.15, 0.2) is 22.7 Å². The molecule has 2 nitrogen and oxygen atoms in total. The minimum absolute atomic E-state index is 0.254. The van der Waals surface area contributed by atoms with Crippen molar-refractivity contribution in [2.75, 3.05) is 11.9 Å². The van der Waals surface area contributed by atoms with E-state index in [1.165, 1.54) is 11.3 Å². The molecular weight excluding hydrogens is 242 g/mol. The number of Topliss-reactive ketones (excluding diaryl/α,β-unsaturated/α-hetero) is 1. The number of halogens is 1. The monoisotopic (exact) mass is 253 g/mol. The summed E-state index contributed by atoms with van der Waals surface area (Å²) in [6.45, 7) is 2.53. The number of anilines is 1. The van der Waals surface area contributed by atoms with Crippen molar-refractivity contribution in [2.45, 2.75) is 19.3 Å². The van der Waals surface area contributed by atoms with E-state index >= 15 is 0 Å². The van der Waals surface area contributed by atoms with Crippen LogP contribution >= 0.6 is 15.9 Å². The number of rotatable bonds is 2. The summed E-state index contributed by atoms with van der Waals surface area (Å²) in [4.78, 5) is 11.1. The summed E-state index contributed by atoms with van der Waals surface area (Å²) in [6.07, 6.45) is 0.635. The lowest BCUT2D eigenvalue weighted by molar-refractivity contribution is -0.117. The first-order valence-electron chi connectivity index (χ1n) is 4.69. The lowest BCUT2D eigenvalue weighted by Crippen LogP contribution is -2.06. The van der Waals surface area contributed by atoms with Gasteiger partial charge in [0.15, 0.2) is 0 Å². The number of hydrogen-bond acceptors (Lipinski definition) is 2. The largest absolute Gasteiger partial charge is 0.384 e. The molecule has 0 aromatic heterocycles. The minimum atomic E-state index is 0.254. The Balaban J connectivity index is 2.28. The number of carbonyl (C=O) groups excluding carboxylic acids is 1. The van der Waals surface area contributed by atoms with Gasteiger partial charge in [-0.25, -0.2) is 0 Å². The molecule has 0 aliphatic carbocycles. The number of benzene rings is 1. The Kier molecular flexibility index (Phi) is 2.59. The summed E-state index contributed by atoms with van der Waals surface area (Å²) in [5.74, 6) is 0.602. The number of ketones is 1. The van der Waals surface area contributed by atoms with Crippen LogP contribution in [0.3, 0.4) is 0 Å². The molecule has 1 aliphatic heterocycles. The molecule has 2 rings (SSSR count). The van der Waals surface area contributed by atoms with E-state index in [-0.39, 0.29) is 5.78 Å². The summed E-state index contributed by atoms with van der Waals surface area (Å²) in [5.41, 5.74) is 2.43. The molecule has 0 saturated heterocycles. The molecule has 0 saturated carbocycles. The van der Waals surface area contributed by atoms with Gasteiger partial charge in [-0.3, -0.25) is 0 Å². The van der Waals surface area contributed by atoms with Crippen LogP contribution in [0.5, 0.6) is 0 Å². The average molecular weight is 254 g/mol. The van der Waals surface area contributed by atoms with Crippen LogP contribution in [-0.4, -0.2) is 12.3 Å². The van der Waals surface area contributed by atoms with E-state index in [0.717, 1.165) is 11.0 Å². The predicted octanol–water partition coefficient (Wildman–Crippen LogP) is 2.94. The summed E-state index contributed by atoms with van der Waals surface area (Å²) in [5, 5.41) is 3.31. The lowest BCUT2D eigenvalue weighted by Gasteiger charge is -2.07. The third-order valence-corrected chi connectivity index (χ3v) is 3.02. The van der Waals surface area contributed by atoms with E-state index in [0.29, 0.717) is 12.3 Å².